The zero-order valence-corrected chi connectivity index (χ0v) is 11.6. The molecule has 1 N–H and O–H groups in total. The Balaban J connectivity index is 1.81. The summed E-state index contributed by atoms with van der Waals surface area (Å²) in [5.74, 6) is 0.648. The van der Waals surface area contributed by atoms with Crippen LogP contribution in [0.1, 0.15) is 11.3 Å². The van der Waals surface area contributed by atoms with Crippen molar-refractivity contribution in [1.29, 1.82) is 0 Å². The van der Waals surface area contributed by atoms with Crippen LogP contribution in [0.4, 0.5) is 5.69 Å². The minimum absolute atomic E-state index is 0.445. The van der Waals surface area contributed by atoms with Gasteiger partial charge in [0.05, 0.1) is 16.7 Å². The van der Waals surface area contributed by atoms with Crippen LogP contribution in [0, 0.1) is 11.8 Å². The molecule has 0 aliphatic rings. The molecule has 0 unspecified atom stereocenters. The summed E-state index contributed by atoms with van der Waals surface area (Å²) in [5, 5.41) is 3.84. The van der Waals surface area contributed by atoms with Gasteiger partial charge in [-0.2, -0.15) is 0 Å². The van der Waals surface area contributed by atoms with Gasteiger partial charge >= 0.3 is 0 Å². The highest BCUT2D eigenvalue weighted by molar-refractivity contribution is 7.98. The maximum absolute atomic E-state index is 10.7. The van der Waals surface area contributed by atoms with E-state index < -0.39 is 0 Å². The Bertz CT molecular complexity index is 736. The lowest BCUT2D eigenvalue weighted by Gasteiger charge is -2.04. The largest absolute Gasteiger partial charge is 0.333 e. The minimum atomic E-state index is 0.445. The average molecular weight is 284 g/mol. The summed E-state index contributed by atoms with van der Waals surface area (Å²) < 4.78 is 0. The van der Waals surface area contributed by atoms with Crippen LogP contribution >= 0.6 is 11.8 Å². The fraction of sp³-hybridized carbons (Fsp3) is 0.143. The third kappa shape index (κ3) is 2.42. The van der Waals surface area contributed by atoms with Crippen molar-refractivity contribution in [3.05, 3.63) is 52.7 Å². The van der Waals surface area contributed by atoms with Crippen LogP contribution in [0.25, 0.3) is 11.0 Å². The molecule has 20 heavy (non-hydrogen) atoms. The van der Waals surface area contributed by atoms with Crippen molar-refractivity contribution in [3.63, 3.8) is 0 Å². The van der Waals surface area contributed by atoms with E-state index in [0.29, 0.717) is 11.4 Å². The maximum Gasteiger partial charge on any atom is 0.166 e. The average Bonchev–Trinajstić information content (AvgIpc) is 2.89. The number of fused-ring (bicyclic) bond motifs is 1. The third-order valence-electron chi connectivity index (χ3n) is 3.09. The van der Waals surface area contributed by atoms with Crippen molar-refractivity contribution < 1.29 is 0 Å². The first-order valence-electron chi connectivity index (χ1n) is 6.13. The molecule has 2 heterocycles. The summed E-state index contributed by atoms with van der Waals surface area (Å²) in [7, 11) is 0. The van der Waals surface area contributed by atoms with Gasteiger partial charge in [-0.3, -0.25) is 4.98 Å². The fourth-order valence-corrected chi connectivity index (χ4v) is 2.86. The fourth-order valence-electron chi connectivity index (χ4n) is 1.95. The van der Waals surface area contributed by atoms with Crippen molar-refractivity contribution in [2.75, 3.05) is 0 Å². The molecule has 0 spiro atoms. The van der Waals surface area contributed by atoms with Gasteiger partial charge in [0.2, 0.25) is 0 Å². The van der Waals surface area contributed by atoms with Crippen LogP contribution in [0.5, 0.6) is 0 Å². The zero-order chi connectivity index (χ0) is 13.9. The highest BCUT2D eigenvalue weighted by Crippen LogP contribution is 2.26. The van der Waals surface area contributed by atoms with E-state index in [9.17, 15) is 4.91 Å². The molecule has 0 amide bonds. The number of nitrogens with zero attached hydrogens (tertiary/aromatic N) is 3. The molecule has 0 bridgehead atoms. The Morgan fingerprint density at radius 3 is 2.95 bits per heavy atom. The second-order valence-corrected chi connectivity index (χ2v) is 5.30. The van der Waals surface area contributed by atoms with Crippen LogP contribution < -0.4 is 0 Å². The number of aromatic nitrogens is 3. The Hall–Kier alpha value is -2.21. The molecule has 2 aromatic heterocycles. The van der Waals surface area contributed by atoms with Crippen LogP contribution in [-0.4, -0.2) is 15.0 Å². The molecule has 6 heteroatoms. The van der Waals surface area contributed by atoms with Gasteiger partial charge in [0.15, 0.2) is 5.16 Å². The van der Waals surface area contributed by atoms with Crippen molar-refractivity contribution >= 4 is 28.5 Å². The van der Waals surface area contributed by atoms with Gasteiger partial charge in [-0.25, -0.2) is 4.98 Å². The third-order valence-corrected chi connectivity index (χ3v) is 3.98. The molecule has 3 aromatic rings. The molecule has 100 valence electrons. The molecule has 0 saturated heterocycles. The number of aromatic amines is 1. The molecular formula is C14H12N4OS. The molecule has 3 rings (SSSR count). The van der Waals surface area contributed by atoms with Crippen molar-refractivity contribution in [2.45, 2.75) is 17.8 Å². The number of hydrogen-bond donors (Lipinski definition) is 1. The smallest absolute Gasteiger partial charge is 0.166 e. The number of benzene rings is 1. The van der Waals surface area contributed by atoms with Crippen LogP contribution in [0.15, 0.2) is 46.9 Å². The van der Waals surface area contributed by atoms with E-state index >= 15 is 0 Å². The number of para-hydroxylation sites is 2. The van der Waals surface area contributed by atoms with Crippen LogP contribution in [-0.2, 0) is 5.75 Å². The first-order valence-corrected chi connectivity index (χ1v) is 7.12. The summed E-state index contributed by atoms with van der Waals surface area (Å²) in [6, 6.07) is 9.52. The van der Waals surface area contributed by atoms with Crippen LogP contribution in [0.3, 0.4) is 0 Å². The lowest BCUT2D eigenvalue weighted by atomic mass is 10.2. The second-order valence-electron chi connectivity index (χ2n) is 4.34. The van der Waals surface area contributed by atoms with Crippen molar-refractivity contribution in [2.24, 2.45) is 5.18 Å². The number of pyridine rings is 1. The van der Waals surface area contributed by atoms with Gasteiger partial charge in [0, 0.05) is 17.5 Å². The molecule has 0 aliphatic carbocycles. The molecule has 0 fully saturated rings. The normalized spacial score (nSPS) is 10.8. The van der Waals surface area contributed by atoms with Gasteiger partial charge in [-0.05, 0) is 30.3 Å². The van der Waals surface area contributed by atoms with E-state index in [1.165, 1.54) is 0 Å². The summed E-state index contributed by atoms with van der Waals surface area (Å²) in [6.45, 7) is 1.86. The summed E-state index contributed by atoms with van der Waals surface area (Å²) in [5.41, 5.74) is 4.09. The van der Waals surface area contributed by atoms with E-state index in [1.54, 1.807) is 24.0 Å². The lowest BCUT2D eigenvalue weighted by molar-refractivity contribution is 1.06. The molecule has 0 atom stereocenters. The van der Waals surface area contributed by atoms with Gasteiger partial charge in [0.25, 0.3) is 0 Å². The molecule has 1 aromatic carbocycles. The molecular weight excluding hydrogens is 272 g/mol. The zero-order valence-electron chi connectivity index (χ0n) is 10.8. The standard InChI is InChI=1S/C14H12N4OS/c1-9-10(18-19)6-7-15-13(9)8-20-14-16-11-4-2-3-5-12(11)17-14/h2-7H,8H2,1H3,(H,16,17). The predicted octanol–water partition coefficient (Wildman–Crippen LogP) is 3.96. The number of imidazole rings is 1. The number of nitroso groups, excluding NO2 is 1. The number of thioether (sulfide) groups is 1. The predicted molar refractivity (Wildman–Crippen MR) is 80.1 cm³/mol. The van der Waals surface area contributed by atoms with E-state index in [4.69, 9.17) is 0 Å². The maximum atomic E-state index is 10.7. The van der Waals surface area contributed by atoms with Crippen molar-refractivity contribution in [3.8, 4) is 0 Å². The Labute approximate surface area is 119 Å². The highest BCUT2D eigenvalue weighted by atomic mass is 32.2. The number of rotatable bonds is 4. The van der Waals surface area contributed by atoms with Gasteiger partial charge in [-0.1, -0.05) is 23.9 Å². The Kier molecular flexibility index (Phi) is 3.47. The van der Waals surface area contributed by atoms with E-state index in [-0.39, 0.29) is 0 Å². The first kappa shape index (κ1) is 12.8. The second kappa shape index (κ2) is 5.42. The minimum Gasteiger partial charge on any atom is -0.333 e. The quantitative estimate of drug-likeness (QED) is 0.581. The van der Waals surface area contributed by atoms with Crippen molar-refractivity contribution in [1.82, 2.24) is 15.0 Å². The Morgan fingerprint density at radius 1 is 1.30 bits per heavy atom. The molecule has 0 radical (unpaired) electrons. The first-order chi connectivity index (χ1) is 9.78. The highest BCUT2D eigenvalue weighted by Gasteiger charge is 2.08. The number of hydrogen-bond acceptors (Lipinski definition) is 5. The van der Waals surface area contributed by atoms with Gasteiger partial charge < -0.3 is 4.98 Å². The van der Waals surface area contributed by atoms with E-state index in [0.717, 1.165) is 27.4 Å². The number of nitrogens with one attached hydrogen (secondary N) is 1. The topological polar surface area (TPSA) is 71.0 Å². The number of H-pyrrole nitrogens is 1. The Morgan fingerprint density at radius 2 is 2.15 bits per heavy atom. The van der Waals surface area contributed by atoms with Crippen LogP contribution in [0.2, 0.25) is 0 Å². The molecule has 0 aliphatic heterocycles. The monoisotopic (exact) mass is 284 g/mol. The summed E-state index contributed by atoms with van der Waals surface area (Å²) in [6.07, 6.45) is 1.61. The van der Waals surface area contributed by atoms with E-state index in [2.05, 4.69) is 20.1 Å². The summed E-state index contributed by atoms with van der Waals surface area (Å²) >= 11 is 1.56. The van der Waals surface area contributed by atoms with E-state index in [1.807, 2.05) is 31.2 Å². The lowest BCUT2D eigenvalue weighted by Crippen LogP contribution is -1.91. The van der Waals surface area contributed by atoms with Gasteiger partial charge in [0.1, 0.15) is 5.69 Å². The molecule has 0 saturated carbocycles. The SMILES string of the molecule is Cc1c(N=O)ccnc1CSc1nc2ccccc2[nH]1. The summed E-state index contributed by atoms with van der Waals surface area (Å²) in [4.78, 5) is 22.7. The molecule has 5 nitrogen and oxygen atoms in total. The van der Waals surface area contributed by atoms with Gasteiger partial charge in [-0.15, -0.1) is 4.91 Å².